The van der Waals surface area contributed by atoms with Crippen LogP contribution in [-0.2, 0) is 26.1 Å². The number of esters is 2. The van der Waals surface area contributed by atoms with Crippen LogP contribution < -0.4 is 0 Å². The Morgan fingerprint density at radius 1 is 1.35 bits per heavy atom. The van der Waals surface area contributed by atoms with Crippen LogP contribution in [0.3, 0.4) is 0 Å². The molecule has 0 N–H and O–H groups in total. The van der Waals surface area contributed by atoms with Gasteiger partial charge in [0.2, 0.25) is 12.2 Å². The molecule has 20 heavy (non-hydrogen) atoms. The molecule has 0 saturated carbocycles. The molecule has 0 spiro atoms. The first-order valence-corrected chi connectivity index (χ1v) is 5.92. The molecule has 0 unspecified atom stereocenters. The van der Waals surface area contributed by atoms with Gasteiger partial charge in [0.1, 0.15) is 5.69 Å². The lowest BCUT2D eigenvalue weighted by Gasteiger charge is -2.14. The summed E-state index contributed by atoms with van der Waals surface area (Å²) < 4.78 is 10.8. The molecule has 0 radical (unpaired) electrons. The Morgan fingerprint density at radius 2 is 1.85 bits per heavy atom. The Kier molecular flexibility index (Phi) is 5.18. The van der Waals surface area contributed by atoms with E-state index < -0.39 is 28.6 Å². The second kappa shape index (κ2) is 6.64. The highest BCUT2D eigenvalue weighted by molar-refractivity contribution is 6.01. The van der Waals surface area contributed by atoms with Crippen LogP contribution in [0.4, 0.5) is 5.82 Å². The van der Waals surface area contributed by atoms with Gasteiger partial charge in [-0.05, 0) is 23.8 Å². The molecular weight excluding hydrogens is 270 g/mol. The molecule has 9 heteroatoms. The highest BCUT2D eigenvalue weighted by Crippen LogP contribution is 2.27. The summed E-state index contributed by atoms with van der Waals surface area (Å²) in [6.07, 6.45) is 1.15. The fourth-order valence-electron chi connectivity index (χ4n) is 1.67. The molecule has 110 valence electrons. The van der Waals surface area contributed by atoms with E-state index in [1.54, 1.807) is 13.8 Å². The van der Waals surface area contributed by atoms with Crippen molar-refractivity contribution in [1.82, 2.24) is 9.55 Å². The van der Waals surface area contributed by atoms with E-state index in [0.717, 1.165) is 6.33 Å². The van der Waals surface area contributed by atoms with Crippen LogP contribution >= 0.6 is 0 Å². The fraction of sp³-hybridized carbons (Fsp3) is 0.545. The maximum absolute atomic E-state index is 11.9. The van der Waals surface area contributed by atoms with E-state index in [-0.39, 0.29) is 18.9 Å². The Balaban J connectivity index is 3.30. The number of carbonyl (C=O) groups is 2. The highest BCUT2D eigenvalue weighted by atomic mass is 16.6. The molecule has 0 atom stereocenters. The third-order valence-corrected chi connectivity index (χ3v) is 2.45. The number of hydrogen-bond acceptors (Lipinski definition) is 7. The SMILES string of the molecule is CCOC(=O)C(C(=O)OCC)c1c([N+](=O)[O-])ncn1C. The smallest absolute Gasteiger partial charge is 0.386 e. The molecule has 1 aromatic rings. The lowest BCUT2D eigenvalue weighted by atomic mass is 10.1. The molecule has 0 aliphatic rings. The van der Waals surface area contributed by atoms with E-state index in [4.69, 9.17) is 9.47 Å². The van der Waals surface area contributed by atoms with Gasteiger partial charge in [0.05, 0.1) is 13.2 Å². The van der Waals surface area contributed by atoms with Crippen LogP contribution in [0, 0.1) is 10.1 Å². The molecule has 1 aromatic heterocycles. The zero-order valence-electron chi connectivity index (χ0n) is 11.4. The predicted octanol–water partition coefficient (Wildman–Crippen LogP) is 0.538. The summed E-state index contributed by atoms with van der Waals surface area (Å²) in [5, 5.41) is 10.9. The first kappa shape index (κ1) is 15.6. The number of carbonyl (C=O) groups excluding carboxylic acids is 2. The molecule has 9 nitrogen and oxygen atoms in total. The Hall–Kier alpha value is -2.45. The van der Waals surface area contributed by atoms with Crippen LogP contribution in [0.5, 0.6) is 0 Å². The molecule has 0 fully saturated rings. The summed E-state index contributed by atoms with van der Waals surface area (Å²) in [5.41, 5.74) is -0.160. The summed E-state index contributed by atoms with van der Waals surface area (Å²) in [4.78, 5) is 37.5. The lowest BCUT2D eigenvalue weighted by Crippen LogP contribution is -2.28. The van der Waals surface area contributed by atoms with Gasteiger partial charge < -0.3 is 24.2 Å². The van der Waals surface area contributed by atoms with Crippen LogP contribution in [-0.4, -0.2) is 39.6 Å². The Bertz CT molecular complexity index is 506. The Labute approximate surface area is 114 Å². The second-order valence-corrected chi connectivity index (χ2v) is 3.76. The quantitative estimate of drug-likeness (QED) is 0.324. The van der Waals surface area contributed by atoms with E-state index in [2.05, 4.69) is 4.98 Å². The zero-order valence-corrected chi connectivity index (χ0v) is 11.4. The normalized spacial score (nSPS) is 10.4. The summed E-state index contributed by atoms with van der Waals surface area (Å²) in [5.74, 6) is -3.91. The number of ether oxygens (including phenoxy) is 2. The predicted molar refractivity (Wildman–Crippen MR) is 65.9 cm³/mol. The Morgan fingerprint density at radius 3 is 2.25 bits per heavy atom. The van der Waals surface area contributed by atoms with Gasteiger partial charge in [-0.2, -0.15) is 0 Å². The number of nitrogens with zero attached hydrogens (tertiary/aromatic N) is 3. The van der Waals surface area contributed by atoms with Crippen molar-refractivity contribution in [3.63, 3.8) is 0 Å². The first-order chi connectivity index (χ1) is 9.43. The first-order valence-electron chi connectivity index (χ1n) is 5.92. The summed E-state index contributed by atoms with van der Waals surface area (Å²) in [6.45, 7) is 3.22. The molecule has 1 rings (SSSR count). The van der Waals surface area contributed by atoms with Crippen LogP contribution in [0.1, 0.15) is 25.5 Å². The highest BCUT2D eigenvalue weighted by Gasteiger charge is 2.40. The van der Waals surface area contributed by atoms with Crippen molar-refractivity contribution in [2.75, 3.05) is 13.2 Å². The van der Waals surface area contributed by atoms with Crippen molar-refractivity contribution in [3.05, 3.63) is 22.1 Å². The van der Waals surface area contributed by atoms with E-state index >= 15 is 0 Å². The number of aryl methyl sites for hydroxylation is 1. The number of hydrogen-bond donors (Lipinski definition) is 0. The molecule has 0 aliphatic heterocycles. The number of nitro groups is 1. The standard InChI is InChI=1S/C11H15N3O6/c1-4-19-10(15)7(11(16)20-5-2)8-9(14(17)18)12-6-13(8)3/h6-7H,4-5H2,1-3H3. The average Bonchev–Trinajstić information content (AvgIpc) is 2.73. The van der Waals surface area contributed by atoms with Gasteiger partial charge in [-0.15, -0.1) is 0 Å². The van der Waals surface area contributed by atoms with Crippen LogP contribution in [0.2, 0.25) is 0 Å². The molecular formula is C11H15N3O6. The molecule has 0 bridgehead atoms. The third-order valence-electron chi connectivity index (χ3n) is 2.45. The molecule has 0 saturated heterocycles. The summed E-state index contributed by atoms with van der Waals surface area (Å²) >= 11 is 0. The molecule has 0 aliphatic carbocycles. The lowest BCUT2D eigenvalue weighted by molar-refractivity contribution is -0.390. The largest absolute Gasteiger partial charge is 0.465 e. The van der Waals surface area contributed by atoms with Crippen molar-refractivity contribution in [3.8, 4) is 0 Å². The van der Waals surface area contributed by atoms with Gasteiger partial charge >= 0.3 is 17.8 Å². The minimum Gasteiger partial charge on any atom is -0.465 e. The van der Waals surface area contributed by atoms with Crippen molar-refractivity contribution >= 4 is 17.8 Å². The second-order valence-electron chi connectivity index (χ2n) is 3.76. The van der Waals surface area contributed by atoms with E-state index in [9.17, 15) is 19.7 Å². The summed E-state index contributed by atoms with van der Waals surface area (Å²) in [6, 6.07) is 0. The van der Waals surface area contributed by atoms with Gasteiger partial charge in [0.15, 0.2) is 0 Å². The molecule has 1 heterocycles. The van der Waals surface area contributed by atoms with Crippen molar-refractivity contribution in [1.29, 1.82) is 0 Å². The van der Waals surface area contributed by atoms with E-state index in [1.165, 1.54) is 11.6 Å². The monoisotopic (exact) mass is 285 g/mol. The van der Waals surface area contributed by atoms with Crippen molar-refractivity contribution in [2.24, 2.45) is 7.05 Å². The maximum atomic E-state index is 11.9. The van der Waals surface area contributed by atoms with E-state index in [1.807, 2.05) is 0 Å². The third kappa shape index (κ3) is 3.11. The fourth-order valence-corrected chi connectivity index (χ4v) is 1.67. The number of aromatic nitrogens is 2. The average molecular weight is 285 g/mol. The molecule has 0 amide bonds. The van der Waals surface area contributed by atoms with Gasteiger partial charge in [-0.25, -0.2) is 0 Å². The van der Waals surface area contributed by atoms with Crippen LogP contribution in [0.25, 0.3) is 0 Å². The molecule has 0 aromatic carbocycles. The van der Waals surface area contributed by atoms with E-state index in [0.29, 0.717) is 0 Å². The van der Waals surface area contributed by atoms with Crippen LogP contribution in [0.15, 0.2) is 6.33 Å². The number of rotatable bonds is 6. The van der Waals surface area contributed by atoms with Gasteiger partial charge in [0, 0.05) is 7.05 Å². The summed E-state index contributed by atoms with van der Waals surface area (Å²) in [7, 11) is 1.45. The minimum absolute atomic E-state index is 0.0421. The van der Waals surface area contributed by atoms with Crippen molar-refractivity contribution < 1.29 is 24.0 Å². The van der Waals surface area contributed by atoms with Gasteiger partial charge in [-0.1, -0.05) is 0 Å². The van der Waals surface area contributed by atoms with Gasteiger partial charge in [0.25, 0.3) is 0 Å². The maximum Gasteiger partial charge on any atom is 0.386 e. The van der Waals surface area contributed by atoms with Gasteiger partial charge in [-0.3, -0.25) is 9.59 Å². The minimum atomic E-state index is -1.53. The number of imidazole rings is 1. The van der Waals surface area contributed by atoms with Crippen molar-refractivity contribution in [2.45, 2.75) is 19.8 Å². The zero-order chi connectivity index (χ0) is 15.3. The topological polar surface area (TPSA) is 114 Å².